The van der Waals surface area contributed by atoms with Crippen LogP contribution in [-0.2, 0) is 22.6 Å². The molecule has 0 aliphatic heterocycles. The van der Waals surface area contributed by atoms with E-state index >= 15 is 0 Å². The highest BCUT2D eigenvalue weighted by molar-refractivity contribution is 5.77. The lowest BCUT2D eigenvalue weighted by Crippen LogP contribution is -2.22. The smallest absolute Gasteiger partial charge is 0.307 e. The molecule has 118 valence electrons. The van der Waals surface area contributed by atoms with Crippen molar-refractivity contribution < 1.29 is 9.53 Å². The molecule has 3 rings (SSSR count). The first-order chi connectivity index (χ1) is 11.2. The minimum absolute atomic E-state index is 0.124. The molecule has 0 aliphatic carbocycles. The van der Waals surface area contributed by atoms with Crippen molar-refractivity contribution in [1.82, 2.24) is 19.3 Å². The molecule has 0 fully saturated rings. The highest BCUT2D eigenvalue weighted by atomic mass is 16.5. The van der Waals surface area contributed by atoms with E-state index in [1.54, 1.807) is 41.3 Å². The summed E-state index contributed by atoms with van der Waals surface area (Å²) in [6.07, 6.45) is 5.05. The summed E-state index contributed by atoms with van der Waals surface area (Å²) in [4.78, 5) is 28.2. The van der Waals surface area contributed by atoms with Crippen molar-refractivity contribution in [1.29, 1.82) is 0 Å². The molecular formula is C16H16N4O3. The molecule has 0 unspecified atom stereocenters. The molecule has 0 bridgehead atoms. The molecule has 0 radical (unpaired) electrons. The highest BCUT2D eigenvalue weighted by Gasteiger charge is 2.07. The minimum Gasteiger partial charge on any atom is -0.464 e. The van der Waals surface area contributed by atoms with Crippen LogP contribution in [0.15, 0.2) is 53.8 Å². The molecule has 2 heterocycles. The Morgan fingerprint density at radius 2 is 2.04 bits per heavy atom. The molecule has 0 saturated carbocycles. The largest absolute Gasteiger partial charge is 0.464 e. The van der Waals surface area contributed by atoms with E-state index in [-0.39, 0.29) is 31.1 Å². The predicted octanol–water partition coefficient (Wildman–Crippen LogP) is 1.23. The number of hydrogen-bond acceptors (Lipinski definition) is 5. The number of nitrogens with zero attached hydrogens (tertiary/aromatic N) is 4. The molecule has 23 heavy (non-hydrogen) atoms. The lowest BCUT2D eigenvalue weighted by molar-refractivity contribution is -0.144. The van der Waals surface area contributed by atoms with E-state index in [2.05, 4.69) is 10.1 Å². The number of carbonyl (C=O) groups excluding carboxylic acids is 1. The number of hydrogen-bond donors (Lipinski definition) is 0. The third kappa shape index (κ3) is 3.63. The zero-order valence-electron chi connectivity index (χ0n) is 12.5. The van der Waals surface area contributed by atoms with Gasteiger partial charge in [0.15, 0.2) is 0 Å². The average Bonchev–Trinajstić information content (AvgIpc) is 3.08. The molecule has 3 aromatic rings. The number of aryl methyl sites for hydroxylation is 1. The van der Waals surface area contributed by atoms with Gasteiger partial charge in [0, 0.05) is 18.9 Å². The van der Waals surface area contributed by atoms with Crippen LogP contribution in [-0.4, -0.2) is 31.9 Å². The third-order valence-corrected chi connectivity index (χ3v) is 3.43. The summed E-state index contributed by atoms with van der Waals surface area (Å²) in [7, 11) is 0. The van der Waals surface area contributed by atoms with Gasteiger partial charge in [-0.1, -0.05) is 12.1 Å². The molecule has 2 aromatic heterocycles. The zero-order valence-corrected chi connectivity index (χ0v) is 12.5. The standard InChI is InChI=1S/C16H16N4O3/c21-15(23-11-10-20-8-3-7-18-20)6-9-19-12-17-14-5-2-1-4-13(14)16(19)22/h1-5,7-8,12H,6,9-11H2. The first kappa shape index (κ1) is 15.0. The highest BCUT2D eigenvalue weighted by Crippen LogP contribution is 2.05. The zero-order chi connectivity index (χ0) is 16.1. The quantitative estimate of drug-likeness (QED) is 0.640. The Hall–Kier alpha value is -2.96. The van der Waals surface area contributed by atoms with E-state index in [0.29, 0.717) is 17.4 Å². The van der Waals surface area contributed by atoms with Gasteiger partial charge in [-0.2, -0.15) is 5.10 Å². The van der Waals surface area contributed by atoms with E-state index in [1.807, 2.05) is 6.07 Å². The Bertz CT molecular complexity index is 855. The van der Waals surface area contributed by atoms with Gasteiger partial charge in [0.1, 0.15) is 6.61 Å². The number of ether oxygens (including phenoxy) is 1. The Balaban J connectivity index is 1.54. The minimum atomic E-state index is -0.350. The summed E-state index contributed by atoms with van der Waals surface area (Å²) >= 11 is 0. The maximum Gasteiger partial charge on any atom is 0.307 e. The van der Waals surface area contributed by atoms with Gasteiger partial charge in [0.05, 0.1) is 30.2 Å². The first-order valence-corrected chi connectivity index (χ1v) is 7.31. The van der Waals surface area contributed by atoms with Crippen LogP contribution in [0.2, 0.25) is 0 Å². The number of rotatable bonds is 6. The lowest BCUT2D eigenvalue weighted by Gasteiger charge is -2.07. The van der Waals surface area contributed by atoms with E-state index in [9.17, 15) is 9.59 Å². The van der Waals surface area contributed by atoms with Crippen molar-refractivity contribution in [3.8, 4) is 0 Å². The second-order valence-corrected chi connectivity index (χ2v) is 5.00. The van der Waals surface area contributed by atoms with Gasteiger partial charge in [-0.15, -0.1) is 0 Å². The summed E-state index contributed by atoms with van der Waals surface area (Å²) in [6.45, 7) is 1.01. The molecular weight excluding hydrogens is 296 g/mol. The fourth-order valence-corrected chi connectivity index (χ4v) is 2.24. The summed E-state index contributed by atoms with van der Waals surface area (Å²) < 4.78 is 8.24. The molecule has 0 aliphatic rings. The van der Waals surface area contributed by atoms with Gasteiger partial charge in [0.2, 0.25) is 0 Å². The van der Waals surface area contributed by atoms with Gasteiger partial charge in [-0.05, 0) is 18.2 Å². The Morgan fingerprint density at radius 1 is 1.17 bits per heavy atom. The van der Waals surface area contributed by atoms with Crippen molar-refractivity contribution >= 4 is 16.9 Å². The van der Waals surface area contributed by atoms with E-state index in [1.165, 1.54) is 10.9 Å². The number of fused-ring (bicyclic) bond motifs is 1. The van der Waals surface area contributed by atoms with Gasteiger partial charge in [-0.25, -0.2) is 4.98 Å². The first-order valence-electron chi connectivity index (χ1n) is 7.31. The number of para-hydroxylation sites is 1. The van der Waals surface area contributed by atoms with Crippen LogP contribution in [0.4, 0.5) is 0 Å². The van der Waals surface area contributed by atoms with Crippen molar-refractivity contribution in [2.45, 2.75) is 19.5 Å². The Kier molecular flexibility index (Phi) is 4.46. The van der Waals surface area contributed by atoms with Crippen molar-refractivity contribution in [3.05, 3.63) is 59.4 Å². The second-order valence-electron chi connectivity index (χ2n) is 5.00. The second kappa shape index (κ2) is 6.87. The number of carbonyl (C=O) groups is 1. The fourth-order valence-electron chi connectivity index (χ4n) is 2.24. The van der Waals surface area contributed by atoms with E-state index in [0.717, 1.165) is 0 Å². The molecule has 7 heteroatoms. The number of aromatic nitrogens is 4. The van der Waals surface area contributed by atoms with Gasteiger partial charge in [-0.3, -0.25) is 18.8 Å². The van der Waals surface area contributed by atoms with Gasteiger partial charge in [0.25, 0.3) is 5.56 Å². The SMILES string of the molecule is O=C(CCn1cnc2ccccc2c1=O)OCCn1cccn1. The summed E-state index contributed by atoms with van der Waals surface area (Å²) in [5.41, 5.74) is 0.496. The molecule has 1 aromatic carbocycles. The fraction of sp³-hybridized carbons (Fsp3) is 0.250. The Labute approximate surface area is 132 Å². The number of esters is 1. The van der Waals surface area contributed by atoms with Crippen LogP contribution in [0.25, 0.3) is 10.9 Å². The van der Waals surface area contributed by atoms with Gasteiger partial charge < -0.3 is 4.74 Å². The van der Waals surface area contributed by atoms with Crippen LogP contribution in [0.1, 0.15) is 6.42 Å². The van der Waals surface area contributed by atoms with Crippen LogP contribution >= 0.6 is 0 Å². The van der Waals surface area contributed by atoms with Crippen LogP contribution in [0.3, 0.4) is 0 Å². The summed E-state index contributed by atoms with van der Waals surface area (Å²) in [5.74, 6) is -0.350. The van der Waals surface area contributed by atoms with E-state index in [4.69, 9.17) is 4.74 Å². The van der Waals surface area contributed by atoms with Crippen LogP contribution < -0.4 is 5.56 Å². The molecule has 0 spiro atoms. The van der Waals surface area contributed by atoms with Crippen molar-refractivity contribution in [3.63, 3.8) is 0 Å². The van der Waals surface area contributed by atoms with Crippen LogP contribution in [0, 0.1) is 0 Å². The predicted molar refractivity (Wildman–Crippen MR) is 83.8 cm³/mol. The van der Waals surface area contributed by atoms with Gasteiger partial charge >= 0.3 is 5.97 Å². The van der Waals surface area contributed by atoms with E-state index < -0.39 is 0 Å². The maximum absolute atomic E-state index is 12.3. The molecule has 0 saturated heterocycles. The molecule has 7 nitrogen and oxygen atoms in total. The summed E-state index contributed by atoms with van der Waals surface area (Å²) in [6, 6.07) is 8.94. The van der Waals surface area contributed by atoms with Crippen molar-refractivity contribution in [2.75, 3.05) is 6.61 Å². The maximum atomic E-state index is 12.3. The summed E-state index contributed by atoms with van der Waals surface area (Å²) in [5, 5.41) is 4.56. The van der Waals surface area contributed by atoms with Crippen molar-refractivity contribution in [2.24, 2.45) is 0 Å². The normalized spacial score (nSPS) is 10.8. The Morgan fingerprint density at radius 3 is 2.87 bits per heavy atom. The third-order valence-electron chi connectivity index (χ3n) is 3.43. The monoisotopic (exact) mass is 312 g/mol. The topological polar surface area (TPSA) is 79.0 Å². The average molecular weight is 312 g/mol. The number of benzene rings is 1. The molecule has 0 atom stereocenters. The molecule has 0 amide bonds. The molecule has 0 N–H and O–H groups in total. The lowest BCUT2D eigenvalue weighted by atomic mass is 10.2. The van der Waals surface area contributed by atoms with Crippen LogP contribution in [0.5, 0.6) is 0 Å².